The quantitative estimate of drug-likeness (QED) is 0.838. The van der Waals surface area contributed by atoms with E-state index in [1.54, 1.807) is 42.5 Å². The van der Waals surface area contributed by atoms with Crippen molar-refractivity contribution in [3.8, 4) is 29.4 Å². The van der Waals surface area contributed by atoms with Gasteiger partial charge in [0.2, 0.25) is 0 Å². The van der Waals surface area contributed by atoms with Crippen molar-refractivity contribution < 1.29 is 9.47 Å². The summed E-state index contributed by atoms with van der Waals surface area (Å²) in [5.74, 6) is 1.36. The molecule has 4 heteroatoms. The third kappa shape index (κ3) is 2.65. The maximum Gasteiger partial charge on any atom is 0.169 e. The van der Waals surface area contributed by atoms with Gasteiger partial charge in [-0.05, 0) is 24.3 Å². The lowest BCUT2D eigenvalue weighted by atomic mass is 10.2. The molecular weight excluding hydrogens is 240 g/mol. The van der Waals surface area contributed by atoms with Gasteiger partial charge in [0, 0.05) is 6.07 Å². The van der Waals surface area contributed by atoms with Crippen molar-refractivity contribution in [3.05, 3.63) is 53.6 Å². The number of rotatable bonds is 3. The lowest BCUT2D eigenvalue weighted by molar-refractivity contribution is 0.378. The second-order valence-electron chi connectivity index (χ2n) is 3.69. The Kier molecular flexibility index (Phi) is 3.66. The molecule has 0 unspecified atom stereocenters. The molecule has 0 spiro atoms. The van der Waals surface area contributed by atoms with E-state index in [0.717, 1.165) is 0 Å². The number of benzene rings is 2. The highest BCUT2D eigenvalue weighted by Crippen LogP contribution is 2.33. The summed E-state index contributed by atoms with van der Waals surface area (Å²) in [6.07, 6.45) is 0. The first-order valence-electron chi connectivity index (χ1n) is 5.53. The summed E-state index contributed by atoms with van der Waals surface area (Å²) in [5, 5.41) is 17.8. The molecule has 0 amide bonds. The van der Waals surface area contributed by atoms with Gasteiger partial charge in [0.25, 0.3) is 0 Å². The highest BCUT2D eigenvalue weighted by molar-refractivity contribution is 5.51. The van der Waals surface area contributed by atoms with Crippen LogP contribution in [0.2, 0.25) is 0 Å². The standard InChI is InChI=1S/C15H10N2O2/c1-18-15-8-11(9-16)6-7-14(15)19-13-5-3-2-4-12(13)10-17/h2-8H,1H3. The smallest absolute Gasteiger partial charge is 0.169 e. The molecule has 2 rings (SSSR count). The maximum absolute atomic E-state index is 9.00. The zero-order valence-electron chi connectivity index (χ0n) is 10.3. The molecule has 0 fully saturated rings. The Balaban J connectivity index is 2.39. The minimum Gasteiger partial charge on any atom is -0.493 e. The third-order valence-electron chi connectivity index (χ3n) is 2.52. The second kappa shape index (κ2) is 5.57. The van der Waals surface area contributed by atoms with E-state index in [9.17, 15) is 0 Å². The van der Waals surface area contributed by atoms with Crippen molar-refractivity contribution in [1.82, 2.24) is 0 Å². The van der Waals surface area contributed by atoms with Gasteiger partial charge >= 0.3 is 0 Å². The monoisotopic (exact) mass is 250 g/mol. The summed E-state index contributed by atoms with van der Waals surface area (Å²) in [7, 11) is 1.50. The SMILES string of the molecule is COc1cc(C#N)ccc1Oc1ccccc1C#N. The van der Waals surface area contributed by atoms with Crippen molar-refractivity contribution in [2.45, 2.75) is 0 Å². The predicted octanol–water partition coefficient (Wildman–Crippen LogP) is 3.23. The van der Waals surface area contributed by atoms with Crippen molar-refractivity contribution in [1.29, 1.82) is 10.5 Å². The van der Waals surface area contributed by atoms with Gasteiger partial charge in [0.05, 0.1) is 24.3 Å². The summed E-state index contributed by atoms with van der Waals surface area (Å²) in [6, 6.07) is 15.9. The summed E-state index contributed by atoms with van der Waals surface area (Å²) < 4.78 is 10.8. The molecule has 19 heavy (non-hydrogen) atoms. The molecule has 0 atom stereocenters. The van der Waals surface area contributed by atoms with Crippen LogP contribution in [0, 0.1) is 22.7 Å². The van der Waals surface area contributed by atoms with Gasteiger partial charge in [-0.1, -0.05) is 12.1 Å². The zero-order chi connectivity index (χ0) is 13.7. The molecule has 0 saturated heterocycles. The Morgan fingerprint density at radius 2 is 1.68 bits per heavy atom. The molecule has 0 aliphatic carbocycles. The van der Waals surface area contributed by atoms with Gasteiger partial charge in [0.15, 0.2) is 11.5 Å². The van der Waals surface area contributed by atoms with E-state index in [1.165, 1.54) is 7.11 Å². The van der Waals surface area contributed by atoms with E-state index in [2.05, 4.69) is 6.07 Å². The topological polar surface area (TPSA) is 66.0 Å². The fourth-order valence-electron chi connectivity index (χ4n) is 1.59. The van der Waals surface area contributed by atoms with Crippen molar-refractivity contribution in [2.75, 3.05) is 7.11 Å². The van der Waals surface area contributed by atoms with Crippen molar-refractivity contribution in [3.63, 3.8) is 0 Å². The van der Waals surface area contributed by atoms with Crippen LogP contribution in [0.4, 0.5) is 0 Å². The van der Waals surface area contributed by atoms with Gasteiger partial charge in [-0.3, -0.25) is 0 Å². The predicted molar refractivity (Wildman–Crippen MR) is 68.9 cm³/mol. The van der Waals surface area contributed by atoms with E-state index in [0.29, 0.717) is 28.4 Å². The highest BCUT2D eigenvalue weighted by Gasteiger charge is 2.09. The number of hydrogen-bond donors (Lipinski definition) is 0. The molecule has 0 heterocycles. The Labute approximate surface area is 111 Å². The van der Waals surface area contributed by atoms with Gasteiger partial charge in [-0.2, -0.15) is 10.5 Å². The van der Waals surface area contributed by atoms with Crippen LogP contribution in [-0.4, -0.2) is 7.11 Å². The first-order valence-corrected chi connectivity index (χ1v) is 5.53. The van der Waals surface area contributed by atoms with E-state index in [1.807, 2.05) is 6.07 Å². The van der Waals surface area contributed by atoms with Crippen molar-refractivity contribution >= 4 is 0 Å². The molecule has 0 aliphatic rings. The molecule has 0 bridgehead atoms. The minimum atomic E-state index is 0.439. The Morgan fingerprint density at radius 1 is 0.895 bits per heavy atom. The lowest BCUT2D eigenvalue weighted by Gasteiger charge is -2.11. The lowest BCUT2D eigenvalue weighted by Crippen LogP contribution is -1.92. The minimum absolute atomic E-state index is 0.439. The average Bonchev–Trinajstić information content (AvgIpc) is 2.48. The molecule has 92 valence electrons. The third-order valence-corrected chi connectivity index (χ3v) is 2.52. The maximum atomic E-state index is 9.00. The first kappa shape index (κ1) is 12.5. The molecule has 2 aromatic carbocycles. The molecule has 0 radical (unpaired) electrons. The number of hydrogen-bond acceptors (Lipinski definition) is 4. The molecule has 2 aromatic rings. The van der Waals surface area contributed by atoms with Gasteiger partial charge in [0.1, 0.15) is 11.8 Å². The van der Waals surface area contributed by atoms with E-state index in [4.69, 9.17) is 20.0 Å². The van der Waals surface area contributed by atoms with Crippen LogP contribution in [0.15, 0.2) is 42.5 Å². The number of methoxy groups -OCH3 is 1. The van der Waals surface area contributed by atoms with E-state index in [-0.39, 0.29) is 0 Å². The van der Waals surface area contributed by atoms with Crippen LogP contribution in [0.1, 0.15) is 11.1 Å². The first-order chi connectivity index (χ1) is 9.28. The van der Waals surface area contributed by atoms with E-state index < -0.39 is 0 Å². The number of nitriles is 2. The van der Waals surface area contributed by atoms with Gasteiger partial charge < -0.3 is 9.47 Å². The van der Waals surface area contributed by atoms with Gasteiger partial charge in [-0.15, -0.1) is 0 Å². The van der Waals surface area contributed by atoms with Crippen LogP contribution < -0.4 is 9.47 Å². The Bertz CT molecular complexity index is 681. The molecule has 0 saturated carbocycles. The molecule has 0 aromatic heterocycles. The van der Waals surface area contributed by atoms with Gasteiger partial charge in [-0.25, -0.2) is 0 Å². The van der Waals surface area contributed by atoms with Crippen molar-refractivity contribution in [2.24, 2.45) is 0 Å². The van der Waals surface area contributed by atoms with Crippen LogP contribution in [0.25, 0.3) is 0 Å². The number of para-hydroxylation sites is 1. The average molecular weight is 250 g/mol. The van der Waals surface area contributed by atoms with Crippen LogP contribution in [-0.2, 0) is 0 Å². The fraction of sp³-hybridized carbons (Fsp3) is 0.0667. The van der Waals surface area contributed by atoms with Crippen LogP contribution >= 0.6 is 0 Å². The Morgan fingerprint density at radius 3 is 2.37 bits per heavy atom. The molecule has 0 N–H and O–H groups in total. The van der Waals surface area contributed by atoms with Crippen LogP contribution in [0.5, 0.6) is 17.2 Å². The summed E-state index contributed by atoms with van der Waals surface area (Å²) in [4.78, 5) is 0. The molecule has 4 nitrogen and oxygen atoms in total. The fourth-order valence-corrected chi connectivity index (χ4v) is 1.59. The highest BCUT2D eigenvalue weighted by atomic mass is 16.5. The van der Waals surface area contributed by atoms with E-state index >= 15 is 0 Å². The number of ether oxygens (including phenoxy) is 2. The second-order valence-corrected chi connectivity index (χ2v) is 3.69. The largest absolute Gasteiger partial charge is 0.493 e. The number of nitrogens with zero attached hydrogens (tertiary/aromatic N) is 2. The zero-order valence-corrected chi connectivity index (χ0v) is 10.3. The Hall–Kier alpha value is -2.98. The molecule has 0 aliphatic heterocycles. The summed E-state index contributed by atoms with van der Waals surface area (Å²) >= 11 is 0. The summed E-state index contributed by atoms with van der Waals surface area (Å²) in [5.41, 5.74) is 0.923. The normalized spacial score (nSPS) is 9.21. The molecular formula is C15H10N2O2. The summed E-state index contributed by atoms with van der Waals surface area (Å²) in [6.45, 7) is 0. The van der Waals surface area contributed by atoms with Crippen LogP contribution in [0.3, 0.4) is 0 Å².